The van der Waals surface area contributed by atoms with Crippen molar-refractivity contribution < 1.29 is 9.57 Å². The van der Waals surface area contributed by atoms with Gasteiger partial charge in [0.2, 0.25) is 11.9 Å². The molecule has 150 valence electrons. The third-order valence-electron chi connectivity index (χ3n) is 3.92. The fraction of sp³-hybridized carbons (Fsp3) is 0.529. The molecule has 27 heavy (non-hydrogen) atoms. The summed E-state index contributed by atoms with van der Waals surface area (Å²) >= 11 is 17.8. The Morgan fingerprint density at radius 1 is 1.04 bits per heavy atom. The molecule has 1 aliphatic carbocycles. The number of hydrogen-bond donors (Lipinski definition) is 3. The minimum atomic E-state index is 0.0560. The second kappa shape index (κ2) is 11.4. The van der Waals surface area contributed by atoms with E-state index in [0.29, 0.717) is 40.5 Å². The van der Waals surface area contributed by atoms with E-state index < -0.39 is 0 Å². The first-order valence-corrected chi connectivity index (χ1v) is 9.91. The van der Waals surface area contributed by atoms with E-state index >= 15 is 0 Å². The van der Waals surface area contributed by atoms with Gasteiger partial charge in [-0.3, -0.25) is 4.84 Å². The number of benzene rings is 1. The van der Waals surface area contributed by atoms with Crippen LogP contribution in [0.3, 0.4) is 0 Å². The lowest BCUT2D eigenvalue weighted by Gasteiger charge is -2.17. The van der Waals surface area contributed by atoms with Gasteiger partial charge < -0.3 is 16.2 Å². The molecule has 0 amide bonds. The van der Waals surface area contributed by atoms with Gasteiger partial charge in [-0.1, -0.05) is 54.1 Å². The van der Waals surface area contributed by atoms with Crippen molar-refractivity contribution in [1.82, 2.24) is 5.48 Å². The van der Waals surface area contributed by atoms with Gasteiger partial charge in [0.05, 0.1) is 34.3 Å². The molecule has 0 aromatic heterocycles. The Bertz CT molecular complexity index is 679. The molecule has 10 heteroatoms. The van der Waals surface area contributed by atoms with E-state index in [1.54, 1.807) is 6.07 Å². The molecule has 1 fully saturated rings. The molecule has 0 bridgehead atoms. The molecule has 0 saturated heterocycles. The van der Waals surface area contributed by atoms with E-state index in [9.17, 15) is 0 Å². The third kappa shape index (κ3) is 8.01. The molecule has 1 aromatic carbocycles. The molecule has 1 aromatic rings. The maximum absolute atomic E-state index is 6.03. The smallest absolute Gasteiger partial charge is 0.221 e. The van der Waals surface area contributed by atoms with Crippen LogP contribution in [0.5, 0.6) is 5.75 Å². The molecule has 0 radical (unpaired) electrons. The number of nitrogens with zero attached hydrogens (tertiary/aromatic N) is 2. The zero-order valence-corrected chi connectivity index (χ0v) is 17.2. The van der Waals surface area contributed by atoms with Crippen LogP contribution in [-0.2, 0) is 4.84 Å². The zero-order valence-electron chi connectivity index (χ0n) is 14.9. The van der Waals surface area contributed by atoms with Crippen LogP contribution in [0.25, 0.3) is 0 Å². The van der Waals surface area contributed by atoms with Crippen LogP contribution in [0.15, 0.2) is 22.1 Å². The summed E-state index contributed by atoms with van der Waals surface area (Å²) in [4.78, 5) is 13.6. The van der Waals surface area contributed by atoms with Crippen LogP contribution < -0.4 is 21.7 Å². The predicted octanol–water partition coefficient (Wildman–Crippen LogP) is 3.90. The summed E-state index contributed by atoms with van der Waals surface area (Å²) in [7, 11) is 0. The van der Waals surface area contributed by atoms with Crippen molar-refractivity contribution in [3.63, 3.8) is 0 Å². The van der Waals surface area contributed by atoms with Gasteiger partial charge in [-0.15, -0.1) is 0 Å². The monoisotopic (exact) mass is 435 g/mol. The minimum Gasteiger partial charge on any atom is -0.492 e. The summed E-state index contributed by atoms with van der Waals surface area (Å²) < 4.78 is 5.55. The number of halogens is 3. The number of guanidine groups is 2. The Hall–Kier alpha value is -1.41. The maximum Gasteiger partial charge on any atom is 0.221 e. The molecule has 0 aliphatic heterocycles. The Labute approximate surface area is 174 Å². The zero-order chi connectivity index (χ0) is 19.6. The Balaban J connectivity index is 1.64. The highest BCUT2D eigenvalue weighted by Gasteiger charge is 2.12. The van der Waals surface area contributed by atoms with Gasteiger partial charge in [0, 0.05) is 12.5 Å². The van der Waals surface area contributed by atoms with Crippen molar-refractivity contribution in [1.29, 1.82) is 0 Å². The molecular weight excluding hydrogens is 413 g/mol. The first-order chi connectivity index (χ1) is 13.0. The van der Waals surface area contributed by atoms with E-state index in [1.165, 1.54) is 25.3 Å². The first-order valence-electron chi connectivity index (χ1n) is 8.78. The normalized spacial score (nSPS) is 16.4. The SMILES string of the molecule is NC(=NC1CCCCC1)/N=C(\N)NOCCCOc1cc(Cl)c(Cl)cc1Cl. The van der Waals surface area contributed by atoms with Crippen molar-refractivity contribution in [2.75, 3.05) is 13.2 Å². The second-order valence-electron chi connectivity index (χ2n) is 6.13. The lowest BCUT2D eigenvalue weighted by atomic mass is 9.96. The number of nitrogens with one attached hydrogen (secondary N) is 1. The molecule has 0 unspecified atom stereocenters. The number of hydroxylamine groups is 1. The highest BCUT2D eigenvalue weighted by Crippen LogP contribution is 2.33. The van der Waals surface area contributed by atoms with Gasteiger partial charge in [-0.25, -0.2) is 10.5 Å². The molecular formula is C17H24Cl3N5O2. The van der Waals surface area contributed by atoms with Gasteiger partial charge in [0.15, 0.2) is 0 Å². The van der Waals surface area contributed by atoms with Crippen LogP contribution >= 0.6 is 34.8 Å². The summed E-state index contributed by atoms with van der Waals surface area (Å²) in [5.74, 6) is 0.681. The van der Waals surface area contributed by atoms with Gasteiger partial charge in [-0.05, 0) is 18.9 Å². The number of aliphatic imine (C=N–C) groups is 2. The first kappa shape index (κ1) is 21.9. The topological polar surface area (TPSA) is 107 Å². The molecule has 0 heterocycles. The summed E-state index contributed by atoms with van der Waals surface area (Å²) in [6.07, 6.45) is 6.29. The average molecular weight is 437 g/mol. The van der Waals surface area contributed by atoms with E-state index in [1.807, 2.05) is 0 Å². The number of rotatable bonds is 7. The van der Waals surface area contributed by atoms with Crippen molar-refractivity contribution in [3.05, 3.63) is 27.2 Å². The molecule has 2 rings (SSSR count). The van der Waals surface area contributed by atoms with Crippen molar-refractivity contribution in [3.8, 4) is 5.75 Å². The van der Waals surface area contributed by atoms with Crippen LogP contribution in [0.2, 0.25) is 15.1 Å². The predicted molar refractivity (Wildman–Crippen MR) is 111 cm³/mol. The van der Waals surface area contributed by atoms with Gasteiger partial charge in [-0.2, -0.15) is 4.99 Å². The van der Waals surface area contributed by atoms with Crippen molar-refractivity contribution in [2.24, 2.45) is 21.5 Å². The minimum absolute atomic E-state index is 0.0560. The van der Waals surface area contributed by atoms with E-state index in [2.05, 4.69) is 15.5 Å². The largest absolute Gasteiger partial charge is 0.492 e. The summed E-state index contributed by atoms with van der Waals surface area (Å²) in [6, 6.07) is 3.35. The molecule has 7 nitrogen and oxygen atoms in total. The quantitative estimate of drug-likeness (QED) is 0.197. The van der Waals surface area contributed by atoms with Crippen LogP contribution in [0.4, 0.5) is 0 Å². The van der Waals surface area contributed by atoms with E-state index in [-0.39, 0.29) is 18.0 Å². The lowest BCUT2D eigenvalue weighted by molar-refractivity contribution is 0.0739. The fourth-order valence-electron chi connectivity index (χ4n) is 2.63. The molecule has 0 spiro atoms. The van der Waals surface area contributed by atoms with Crippen LogP contribution in [-0.4, -0.2) is 31.2 Å². The number of ether oxygens (including phenoxy) is 1. The lowest BCUT2D eigenvalue weighted by Crippen LogP contribution is -2.34. The highest BCUT2D eigenvalue weighted by atomic mass is 35.5. The van der Waals surface area contributed by atoms with Crippen LogP contribution in [0, 0.1) is 0 Å². The Morgan fingerprint density at radius 2 is 1.74 bits per heavy atom. The Morgan fingerprint density at radius 3 is 2.48 bits per heavy atom. The fourth-order valence-corrected chi connectivity index (χ4v) is 3.22. The second-order valence-corrected chi connectivity index (χ2v) is 7.35. The standard InChI is InChI=1S/C17H24Cl3N5O2/c18-12-9-14(20)15(10-13(12)19)26-7-4-8-27-25-17(22)24-16(21)23-11-5-2-1-3-6-11/h9-11H,1-8H2,(H5,21,22,23,24,25). The Kier molecular flexibility index (Phi) is 9.27. The highest BCUT2D eigenvalue weighted by molar-refractivity contribution is 6.43. The van der Waals surface area contributed by atoms with Crippen molar-refractivity contribution >= 4 is 46.7 Å². The average Bonchev–Trinajstić information content (AvgIpc) is 2.62. The van der Waals surface area contributed by atoms with E-state index in [0.717, 1.165) is 12.8 Å². The van der Waals surface area contributed by atoms with Gasteiger partial charge in [0.1, 0.15) is 5.75 Å². The molecule has 1 saturated carbocycles. The number of hydrogen-bond acceptors (Lipinski definition) is 3. The van der Waals surface area contributed by atoms with Gasteiger partial charge in [0.25, 0.3) is 0 Å². The third-order valence-corrected chi connectivity index (χ3v) is 4.94. The maximum atomic E-state index is 6.03. The van der Waals surface area contributed by atoms with E-state index in [4.69, 9.17) is 55.8 Å². The number of nitrogens with two attached hydrogens (primary N) is 2. The van der Waals surface area contributed by atoms with Crippen molar-refractivity contribution in [2.45, 2.75) is 44.6 Å². The van der Waals surface area contributed by atoms with Gasteiger partial charge >= 0.3 is 0 Å². The van der Waals surface area contributed by atoms with Crippen LogP contribution in [0.1, 0.15) is 38.5 Å². The summed E-state index contributed by atoms with van der Waals surface area (Å²) in [5.41, 5.74) is 14.0. The molecule has 1 aliphatic rings. The molecule has 0 atom stereocenters. The summed E-state index contributed by atoms with van der Waals surface area (Å²) in [5, 5.41) is 1.15. The summed E-state index contributed by atoms with van der Waals surface area (Å²) in [6.45, 7) is 0.719. The molecule has 5 N–H and O–H groups in total.